The van der Waals surface area contributed by atoms with E-state index in [2.05, 4.69) is 11.4 Å². The Kier molecular flexibility index (Phi) is 9.36. The zero-order chi connectivity index (χ0) is 9.23. The van der Waals surface area contributed by atoms with Crippen LogP contribution in [0.1, 0.15) is 45.4 Å². The van der Waals surface area contributed by atoms with Crippen molar-refractivity contribution in [2.24, 2.45) is 0 Å². The summed E-state index contributed by atoms with van der Waals surface area (Å²) < 4.78 is 14.6. The third kappa shape index (κ3) is 10.2. The van der Waals surface area contributed by atoms with Gasteiger partial charge < -0.3 is 9.42 Å². The highest BCUT2D eigenvalue weighted by Gasteiger charge is 1.92. The van der Waals surface area contributed by atoms with Crippen LogP contribution in [0.15, 0.2) is 0 Å². The molecule has 0 amide bonds. The summed E-state index contributed by atoms with van der Waals surface area (Å²) in [5, 5.41) is 0. The first-order valence-corrected chi connectivity index (χ1v) is 5.89. The molecule has 0 aliphatic rings. The van der Waals surface area contributed by atoms with Gasteiger partial charge in [-0.3, -0.25) is 4.57 Å². The van der Waals surface area contributed by atoms with Crippen LogP contribution >= 0.6 is 8.25 Å². The molecule has 1 N–H and O–H groups in total. The van der Waals surface area contributed by atoms with Gasteiger partial charge in [0.15, 0.2) is 0 Å². The standard InChI is InChI=1S/C8H19O3P/c1-2-3-4-5-6-7-8-11-12(9)10/h12H,2-8H2,1H3,(H,9,10). The number of hydrogen-bond acceptors (Lipinski definition) is 2. The second kappa shape index (κ2) is 9.24. The Morgan fingerprint density at radius 3 is 2.33 bits per heavy atom. The van der Waals surface area contributed by atoms with Crippen molar-refractivity contribution in [3.63, 3.8) is 0 Å². The topological polar surface area (TPSA) is 46.5 Å². The van der Waals surface area contributed by atoms with Crippen molar-refractivity contribution in [1.82, 2.24) is 0 Å². The lowest BCUT2D eigenvalue weighted by Crippen LogP contribution is -1.86. The Balaban J connectivity index is 2.86. The molecule has 1 atom stereocenters. The maximum atomic E-state index is 10.1. The zero-order valence-corrected chi connectivity index (χ0v) is 8.71. The fourth-order valence-electron chi connectivity index (χ4n) is 1.04. The molecule has 0 saturated carbocycles. The first kappa shape index (κ1) is 12.2. The van der Waals surface area contributed by atoms with Crippen molar-refractivity contribution >= 4 is 8.25 Å². The highest BCUT2D eigenvalue weighted by atomic mass is 31.1. The van der Waals surface area contributed by atoms with Crippen LogP contribution in [0.5, 0.6) is 0 Å². The van der Waals surface area contributed by atoms with E-state index >= 15 is 0 Å². The molecule has 0 bridgehead atoms. The molecule has 0 fully saturated rings. The summed E-state index contributed by atoms with van der Waals surface area (Å²) in [4.78, 5) is 8.32. The molecule has 74 valence electrons. The minimum atomic E-state index is -2.68. The fourth-order valence-corrected chi connectivity index (χ4v) is 1.36. The Labute approximate surface area is 75.1 Å². The van der Waals surface area contributed by atoms with Crippen molar-refractivity contribution in [2.45, 2.75) is 45.4 Å². The Bertz CT molecular complexity index is 117. The van der Waals surface area contributed by atoms with Crippen molar-refractivity contribution < 1.29 is 14.0 Å². The molecule has 1 unspecified atom stereocenters. The van der Waals surface area contributed by atoms with Gasteiger partial charge in [0, 0.05) is 0 Å². The third-order valence-corrected chi connectivity index (χ3v) is 2.17. The summed E-state index contributed by atoms with van der Waals surface area (Å²) >= 11 is 0. The molecule has 4 heteroatoms. The summed E-state index contributed by atoms with van der Waals surface area (Å²) in [6, 6.07) is 0. The van der Waals surface area contributed by atoms with Crippen LogP contribution < -0.4 is 0 Å². The average Bonchev–Trinajstić information content (AvgIpc) is 2.02. The van der Waals surface area contributed by atoms with E-state index in [-0.39, 0.29) is 0 Å². The fraction of sp³-hybridized carbons (Fsp3) is 1.00. The van der Waals surface area contributed by atoms with E-state index in [1.807, 2.05) is 0 Å². The second-order valence-electron chi connectivity index (χ2n) is 2.88. The quantitative estimate of drug-likeness (QED) is 0.477. The number of rotatable bonds is 8. The molecule has 0 aromatic carbocycles. The molecule has 0 aliphatic carbocycles. The molecule has 0 spiro atoms. The van der Waals surface area contributed by atoms with Gasteiger partial charge in [-0.2, -0.15) is 0 Å². The summed E-state index contributed by atoms with van der Waals surface area (Å²) in [7, 11) is -2.68. The van der Waals surface area contributed by atoms with Crippen molar-refractivity contribution in [1.29, 1.82) is 0 Å². The maximum absolute atomic E-state index is 10.1. The number of hydrogen-bond donors (Lipinski definition) is 1. The van der Waals surface area contributed by atoms with E-state index in [0.29, 0.717) is 6.61 Å². The normalized spacial score (nSPS) is 13.2. The van der Waals surface area contributed by atoms with Gasteiger partial charge in [0.05, 0.1) is 6.61 Å². The molecule has 3 nitrogen and oxygen atoms in total. The van der Waals surface area contributed by atoms with Crippen molar-refractivity contribution in [3.05, 3.63) is 0 Å². The van der Waals surface area contributed by atoms with Gasteiger partial charge in [-0.15, -0.1) is 0 Å². The van der Waals surface area contributed by atoms with Crippen LogP contribution in [0.25, 0.3) is 0 Å². The molecule has 0 aliphatic heterocycles. The largest absolute Gasteiger partial charge is 0.326 e. The smallest absolute Gasteiger partial charge is 0.316 e. The van der Waals surface area contributed by atoms with E-state index in [9.17, 15) is 4.57 Å². The summed E-state index contributed by atoms with van der Waals surface area (Å²) in [6.45, 7) is 2.61. The molecule has 0 saturated heterocycles. The van der Waals surface area contributed by atoms with E-state index < -0.39 is 8.25 Å². The van der Waals surface area contributed by atoms with Gasteiger partial charge in [-0.25, -0.2) is 0 Å². The van der Waals surface area contributed by atoms with Crippen LogP contribution in [-0.4, -0.2) is 11.5 Å². The zero-order valence-electron chi connectivity index (χ0n) is 7.71. The lowest BCUT2D eigenvalue weighted by atomic mass is 10.1. The van der Waals surface area contributed by atoms with E-state index in [1.165, 1.54) is 25.7 Å². The second-order valence-corrected chi connectivity index (χ2v) is 3.70. The van der Waals surface area contributed by atoms with E-state index in [4.69, 9.17) is 4.89 Å². The van der Waals surface area contributed by atoms with Crippen LogP contribution in [-0.2, 0) is 9.09 Å². The average molecular weight is 194 g/mol. The van der Waals surface area contributed by atoms with Crippen molar-refractivity contribution in [2.75, 3.05) is 6.61 Å². The van der Waals surface area contributed by atoms with Crippen LogP contribution in [0.4, 0.5) is 0 Å². The molecule has 0 radical (unpaired) electrons. The molecule has 0 heterocycles. The Morgan fingerprint density at radius 1 is 1.17 bits per heavy atom. The predicted molar refractivity (Wildman–Crippen MR) is 50.5 cm³/mol. The van der Waals surface area contributed by atoms with Gasteiger partial charge in [0.25, 0.3) is 0 Å². The molecular weight excluding hydrogens is 175 g/mol. The lowest BCUT2D eigenvalue weighted by molar-refractivity contribution is 0.273. The maximum Gasteiger partial charge on any atom is 0.316 e. The number of unbranched alkanes of at least 4 members (excludes halogenated alkanes) is 5. The Morgan fingerprint density at radius 2 is 1.75 bits per heavy atom. The minimum absolute atomic E-state index is 0.431. The van der Waals surface area contributed by atoms with E-state index in [0.717, 1.165) is 12.8 Å². The van der Waals surface area contributed by atoms with Gasteiger partial charge in [0.2, 0.25) is 0 Å². The molecular formula is C8H19O3P. The monoisotopic (exact) mass is 194 g/mol. The lowest BCUT2D eigenvalue weighted by Gasteiger charge is -1.99. The van der Waals surface area contributed by atoms with Crippen molar-refractivity contribution in [3.8, 4) is 0 Å². The summed E-state index contributed by atoms with van der Waals surface area (Å²) in [5.41, 5.74) is 0. The minimum Gasteiger partial charge on any atom is -0.326 e. The van der Waals surface area contributed by atoms with Crippen LogP contribution in [0.3, 0.4) is 0 Å². The molecule has 0 aromatic heterocycles. The highest BCUT2D eigenvalue weighted by Crippen LogP contribution is 2.15. The summed E-state index contributed by atoms with van der Waals surface area (Å²) in [6.07, 6.45) is 7.03. The third-order valence-electron chi connectivity index (χ3n) is 1.72. The van der Waals surface area contributed by atoms with Gasteiger partial charge in [0.1, 0.15) is 0 Å². The molecule has 12 heavy (non-hydrogen) atoms. The summed E-state index contributed by atoms with van der Waals surface area (Å²) in [5.74, 6) is 0. The molecule has 0 aromatic rings. The first-order valence-electron chi connectivity index (χ1n) is 4.63. The van der Waals surface area contributed by atoms with Gasteiger partial charge in [-0.1, -0.05) is 39.0 Å². The first-order chi connectivity index (χ1) is 5.77. The van der Waals surface area contributed by atoms with Gasteiger partial charge >= 0.3 is 8.25 Å². The van der Waals surface area contributed by atoms with Crippen LogP contribution in [0.2, 0.25) is 0 Å². The SMILES string of the molecule is CCCCCCCCO[PH](=O)O. The van der Waals surface area contributed by atoms with Crippen LogP contribution in [0, 0.1) is 0 Å². The molecule has 0 rings (SSSR count). The highest BCUT2D eigenvalue weighted by molar-refractivity contribution is 7.32. The Hall–Kier alpha value is 0.150. The van der Waals surface area contributed by atoms with Gasteiger partial charge in [-0.05, 0) is 6.42 Å². The van der Waals surface area contributed by atoms with E-state index in [1.54, 1.807) is 0 Å². The predicted octanol–water partition coefficient (Wildman–Crippen LogP) is 2.75.